The molecule has 0 unspecified atom stereocenters. The van der Waals surface area contributed by atoms with Gasteiger partial charge in [0.05, 0.1) is 6.61 Å². The number of aromatic nitrogens is 2. The van der Waals surface area contributed by atoms with Gasteiger partial charge in [0.1, 0.15) is 5.75 Å². The molecule has 2 aliphatic rings. The van der Waals surface area contributed by atoms with Crippen molar-refractivity contribution in [3.8, 4) is 5.75 Å². The Labute approximate surface area is 199 Å². The van der Waals surface area contributed by atoms with Crippen molar-refractivity contribution in [3.05, 3.63) is 47.4 Å². The molecule has 1 saturated carbocycles. The minimum absolute atomic E-state index is 0.0511. The molecule has 2 fully saturated rings. The molecule has 1 aliphatic carbocycles. The number of hydrogen-bond donors (Lipinski definition) is 1. The van der Waals surface area contributed by atoms with Crippen molar-refractivity contribution >= 4 is 29.4 Å². The molecule has 1 aromatic carbocycles. The lowest BCUT2D eigenvalue weighted by molar-refractivity contribution is 0.0671. The summed E-state index contributed by atoms with van der Waals surface area (Å²) in [6, 6.07) is 7.08. The van der Waals surface area contributed by atoms with Crippen LogP contribution in [0.3, 0.4) is 0 Å². The molecule has 0 bridgehead atoms. The topological polar surface area (TPSA) is 87.7 Å². The van der Waals surface area contributed by atoms with Crippen LogP contribution < -0.4 is 10.1 Å². The van der Waals surface area contributed by atoms with E-state index in [0.717, 1.165) is 18.1 Å². The number of piperazine rings is 1. The maximum Gasteiger partial charge on any atom is 0.323 e. The molecule has 1 N–H and O–H groups in total. The van der Waals surface area contributed by atoms with Crippen molar-refractivity contribution in [1.82, 2.24) is 19.8 Å². The van der Waals surface area contributed by atoms with Crippen molar-refractivity contribution in [3.63, 3.8) is 0 Å². The minimum Gasteiger partial charge on any atom is -0.494 e. The van der Waals surface area contributed by atoms with E-state index in [1.54, 1.807) is 9.80 Å². The van der Waals surface area contributed by atoms with E-state index < -0.39 is 0 Å². The van der Waals surface area contributed by atoms with Gasteiger partial charge in [0.15, 0.2) is 11.0 Å². The van der Waals surface area contributed by atoms with Crippen LogP contribution >= 0.6 is 11.6 Å². The van der Waals surface area contributed by atoms with Crippen LogP contribution in [0.2, 0.25) is 5.15 Å². The molecule has 9 heteroatoms. The van der Waals surface area contributed by atoms with Crippen LogP contribution in [0.25, 0.3) is 0 Å². The Morgan fingerprint density at radius 1 is 1.03 bits per heavy atom. The third-order valence-corrected chi connectivity index (χ3v) is 6.61. The van der Waals surface area contributed by atoms with Gasteiger partial charge < -0.3 is 14.5 Å². The Kier molecular flexibility index (Phi) is 7.99. The maximum atomic E-state index is 13.0. The lowest BCUT2D eigenvalue weighted by atomic mass is 9.87. The lowest BCUT2D eigenvalue weighted by Gasteiger charge is -2.34. The largest absolute Gasteiger partial charge is 0.494 e. The van der Waals surface area contributed by atoms with Gasteiger partial charge in [0.25, 0.3) is 5.91 Å². The Hall–Kier alpha value is -2.87. The number of anilines is 1. The quantitative estimate of drug-likeness (QED) is 0.671. The number of benzene rings is 1. The summed E-state index contributed by atoms with van der Waals surface area (Å²) < 4.78 is 5.95. The van der Waals surface area contributed by atoms with Crippen LogP contribution in [0, 0.1) is 5.92 Å². The second-order valence-electron chi connectivity index (χ2n) is 8.57. The highest BCUT2D eigenvalue weighted by Gasteiger charge is 2.25. The fraction of sp³-hybridized carbons (Fsp3) is 0.500. The van der Waals surface area contributed by atoms with Gasteiger partial charge in [-0.3, -0.25) is 10.1 Å². The predicted molar refractivity (Wildman–Crippen MR) is 127 cm³/mol. The fourth-order valence-electron chi connectivity index (χ4n) is 4.42. The van der Waals surface area contributed by atoms with Crippen molar-refractivity contribution < 1.29 is 14.3 Å². The molecule has 176 valence electrons. The molecule has 8 nitrogen and oxygen atoms in total. The standard InChI is InChI=1S/C24H30ClN5O3/c25-21-22(27-11-10-26-21)28-24(32)30-14-12-29(13-15-30)23(31)19-7-4-8-20(17-19)33-16-9-18-5-2-1-3-6-18/h4,7-8,10-11,17-18H,1-3,5-6,9,12-16H2,(H,27,28,32). The van der Waals surface area contributed by atoms with Crippen LogP contribution in [0.1, 0.15) is 48.9 Å². The molecule has 1 aliphatic heterocycles. The zero-order chi connectivity index (χ0) is 23.0. The van der Waals surface area contributed by atoms with E-state index in [1.165, 1.54) is 44.5 Å². The van der Waals surface area contributed by atoms with E-state index in [2.05, 4.69) is 15.3 Å². The molecule has 0 spiro atoms. The van der Waals surface area contributed by atoms with Gasteiger partial charge in [-0.05, 0) is 30.5 Å². The molecular weight excluding hydrogens is 442 g/mol. The summed E-state index contributed by atoms with van der Waals surface area (Å²) in [6.45, 7) is 2.44. The highest BCUT2D eigenvalue weighted by Crippen LogP contribution is 2.26. The van der Waals surface area contributed by atoms with Gasteiger partial charge in [-0.25, -0.2) is 14.8 Å². The molecule has 33 heavy (non-hydrogen) atoms. The summed E-state index contributed by atoms with van der Waals surface area (Å²) in [4.78, 5) is 36.8. The smallest absolute Gasteiger partial charge is 0.323 e. The normalized spacial score (nSPS) is 17.0. The fourth-order valence-corrected chi connectivity index (χ4v) is 4.57. The van der Waals surface area contributed by atoms with Crippen LogP contribution in [-0.2, 0) is 0 Å². The molecule has 2 aromatic rings. The molecule has 4 rings (SSSR count). The number of nitrogens with one attached hydrogen (secondary N) is 1. The second kappa shape index (κ2) is 11.3. The number of halogens is 1. The maximum absolute atomic E-state index is 13.0. The molecule has 0 radical (unpaired) electrons. The van der Waals surface area contributed by atoms with Gasteiger partial charge in [-0.2, -0.15) is 0 Å². The van der Waals surface area contributed by atoms with Crippen LogP contribution in [0.4, 0.5) is 10.6 Å². The average Bonchev–Trinajstić information content (AvgIpc) is 2.86. The van der Waals surface area contributed by atoms with Gasteiger partial charge in [-0.1, -0.05) is 49.8 Å². The Balaban J connectivity index is 1.25. The first-order chi connectivity index (χ1) is 16.1. The lowest BCUT2D eigenvalue weighted by Crippen LogP contribution is -2.51. The summed E-state index contributed by atoms with van der Waals surface area (Å²) in [5.74, 6) is 1.67. The third kappa shape index (κ3) is 6.35. The highest BCUT2D eigenvalue weighted by atomic mass is 35.5. The summed E-state index contributed by atoms with van der Waals surface area (Å²) in [5, 5.41) is 2.81. The number of hydrogen-bond acceptors (Lipinski definition) is 5. The number of nitrogens with zero attached hydrogens (tertiary/aromatic N) is 4. The van der Waals surface area contributed by atoms with Crippen molar-refractivity contribution in [2.75, 3.05) is 38.1 Å². The van der Waals surface area contributed by atoms with E-state index in [1.807, 2.05) is 24.3 Å². The van der Waals surface area contributed by atoms with Gasteiger partial charge in [0, 0.05) is 44.1 Å². The number of ether oxygens (including phenoxy) is 1. The first-order valence-electron chi connectivity index (χ1n) is 11.6. The SMILES string of the molecule is O=C(Nc1nccnc1Cl)N1CCN(C(=O)c2cccc(OCCC3CCCCC3)c2)CC1. The van der Waals surface area contributed by atoms with E-state index in [0.29, 0.717) is 38.3 Å². The molecular formula is C24H30ClN5O3. The van der Waals surface area contributed by atoms with Crippen molar-refractivity contribution in [2.45, 2.75) is 38.5 Å². The molecule has 1 saturated heterocycles. The zero-order valence-electron chi connectivity index (χ0n) is 18.7. The van der Waals surface area contributed by atoms with Gasteiger partial charge >= 0.3 is 6.03 Å². The predicted octanol–water partition coefficient (Wildman–Crippen LogP) is 4.47. The van der Waals surface area contributed by atoms with Crippen LogP contribution in [0.5, 0.6) is 5.75 Å². The number of amides is 3. The summed E-state index contributed by atoms with van der Waals surface area (Å²) >= 11 is 5.95. The number of carbonyl (C=O) groups is 2. The minimum atomic E-state index is -0.308. The Morgan fingerprint density at radius 2 is 1.76 bits per heavy atom. The number of urea groups is 1. The van der Waals surface area contributed by atoms with Gasteiger partial charge in [-0.15, -0.1) is 0 Å². The second-order valence-corrected chi connectivity index (χ2v) is 8.93. The summed E-state index contributed by atoms with van der Waals surface area (Å²) in [6.07, 6.45) is 10.6. The zero-order valence-corrected chi connectivity index (χ0v) is 19.5. The van der Waals surface area contributed by atoms with Crippen molar-refractivity contribution in [1.29, 1.82) is 0 Å². The van der Waals surface area contributed by atoms with Crippen LogP contribution in [-0.4, -0.2) is 64.5 Å². The average molecular weight is 472 g/mol. The van der Waals surface area contributed by atoms with E-state index in [-0.39, 0.29) is 22.9 Å². The van der Waals surface area contributed by atoms with E-state index in [9.17, 15) is 9.59 Å². The third-order valence-electron chi connectivity index (χ3n) is 6.33. The molecule has 0 atom stereocenters. The van der Waals surface area contributed by atoms with Crippen molar-refractivity contribution in [2.24, 2.45) is 5.92 Å². The first kappa shape index (κ1) is 23.3. The van der Waals surface area contributed by atoms with E-state index >= 15 is 0 Å². The number of carbonyl (C=O) groups excluding carboxylic acids is 2. The molecule has 3 amide bonds. The summed E-state index contributed by atoms with van der Waals surface area (Å²) in [7, 11) is 0. The summed E-state index contributed by atoms with van der Waals surface area (Å²) in [5.41, 5.74) is 0.606. The highest BCUT2D eigenvalue weighted by molar-refractivity contribution is 6.32. The first-order valence-corrected chi connectivity index (χ1v) is 12.0. The number of rotatable bonds is 6. The van der Waals surface area contributed by atoms with Gasteiger partial charge in [0.2, 0.25) is 0 Å². The van der Waals surface area contributed by atoms with E-state index in [4.69, 9.17) is 16.3 Å². The Morgan fingerprint density at radius 3 is 2.52 bits per heavy atom. The monoisotopic (exact) mass is 471 g/mol. The molecule has 2 heterocycles. The molecule has 1 aromatic heterocycles. The Bertz CT molecular complexity index is 959. The van der Waals surface area contributed by atoms with Crippen LogP contribution in [0.15, 0.2) is 36.7 Å².